The largest absolute Gasteiger partial charge is 0.335 e. The van der Waals surface area contributed by atoms with E-state index >= 15 is 0 Å². The third-order valence-corrected chi connectivity index (χ3v) is 6.52. The number of benzene rings is 2. The number of alkyl halides is 1. The van der Waals surface area contributed by atoms with E-state index in [0.717, 1.165) is 12.1 Å². The predicted octanol–water partition coefficient (Wildman–Crippen LogP) is 4.81. The molecule has 11 heteroatoms. The number of rotatable bonds is 3. The summed E-state index contributed by atoms with van der Waals surface area (Å²) in [7, 11) is 0. The van der Waals surface area contributed by atoms with E-state index in [9.17, 15) is 18.0 Å². The van der Waals surface area contributed by atoms with Gasteiger partial charge in [-0.15, -0.1) is 5.10 Å². The van der Waals surface area contributed by atoms with Crippen LogP contribution < -0.4 is 0 Å². The molecule has 6 nitrogen and oxygen atoms in total. The van der Waals surface area contributed by atoms with Crippen molar-refractivity contribution in [3.63, 3.8) is 0 Å². The second-order valence-electron chi connectivity index (χ2n) is 7.94. The predicted molar refractivity (Wildman–Crippen MR) is 117 cm³/mol. The number of carbonyl (C=O) groups is 1. The van der Waals surface area contributed by atoms with Crippen molar-refractivity contribution in [1.29, 1.82) is 0 Å². The van der Waals surface area contributed by atoms with Crippen LogP contribution in [0, 0.1) is 17.6 Å². The normalized spacial score (nSPS) is 17.7. The Kier molecular flexibility index (Phi) is 5.41. The lowest BCUT2D eigenvalue weighted by molar-refractivity contribution is 0.0440. The first-order valence-corrected chi connectivity index (χ1v) is 10.9. The molecule has 3 aromatic rings. The van der Waals surface area contributed by atoms with Crippen molar-refractivity contribution in [2.45, 2.75) is 13.0 Å². The fourth-order valence-electron chi connectivity index (χ4n) is 4.01. The number of likely N-dealkylation sites (tertiary alicyclic amines) is 1. The summed E-state index contributed by atoms with van der Waals surface area (Å²) in [6.45, 7) is 1.76. The van der Waals surface area contributed by atoms with Gasteiger partial charge < -0.3 is 4.90 Å². The van der Waals surface area contributed by atoms with Gasteiger partial charge in [-0.1, -0.05) is 29.3 Å². The lowest BCUT2D eigenvalue weighted by Crippen LogP contribution is -2.51. The molecule has 2 aromatic carbocycles. The van der Waals surface area contributed by atoms with Crippen molar-refractivity contribution >= 4 is 34.8 Å². The van der Waals surface area contributed by atoms with Crippen LogP contribution in [-0.4, -0.2) is 51.0 Å². The standard InChI is InChI=1S/C22H16Cl2F3N5O/c1-10-21-29-20(22(33)31-8-11(7-25)9-31)30-32(21)15-6-5-12(23)18(24)17(15)19(28-10)16-13(26)3-2-4-14(16)27/h2-6,10-11H,7-9H2,1H3/t10-/m0/s1. The smallest absolute Gasteiger partial charge is 0.293 e. The number of fused-ring (bicyclic) bond motifs is 3. The van der Waals surface area contributed by atoms with E-state index in [4.69, 9.17) is 23.2 Å². The summed E-state index contributed by atoms with van der Waals surface area (Å²) in [4.78, 5) is 23.1. The van der Waals surface area contributed by atoms with Crippen LogP contribution in [0.1, 0.15) is 40.5 Å². The van der Waals surface area contributed by atoms with Gasteiger partial charge in [-0.25, -0.2) is 18.4 Å². The van der Waals surface area contributed by atoms with Gasteiger partial charge >= 0.3 is 0 Å². The number of hydrogen-bond donors (Lipinski definition) is 0. The molecule has 0 unspecified atom stereocenters. The Morgan fingerprint density at radius 1 is 1.12 bits per heavy atom. The summed E-state index contributed by atoms with van der Waals surface area (Å²) in [5, 5.41) is 4.55. The molecule has 0 radical (unpaired) electrons. The molecule has 0 bridgehead atoms. The molecule has 0 saturated carbocycles. The Morgan fingerprint density at radius 2 is 1.82 bits per heavy atom. The molecule has 170 valence electrons. The highest BCUT2D eigenvalue weighted by Crippen LogP contribution is 2.38. The Balaban J connectivity index is 1.68. The summed E-state index contributed by atoms with van der Waals surface area (Å²) in [5.41, 5.74) is 0.107. The molecule has 2 aliphatic heterocycles. The van der Waals surface area contributed by atoms with Crippen LogP contribution in [0.15, 0.2) is 35.3 Å². The number of nitrogens with zero attached hydrogens (tertiary/aromatic N) is 5. The second kappa shape index (κ2) is 8.14. The molecule has 33 heavy (non-hydrogen) atoms. The van der Waals surface area contributed by atoms with Gasteiger partial charge in [-0.05, 0) is 31.2 Å². The Morgan fingerprint density at radius 3 is 2.48 bits per heavy atom. The summed E-state index contributed by atoms with van der Waals surface area (Å²) < 4.78 is 43.6. The molecule has 2 aliphatic rings. The van der Waals surface area contributed by atoms with Crippen molar-refractivity contribution in [2.24, 2.45) is 10.9 Å². The van der Waals surface area contributed by atoms with Crippen molar-refractivity contribution in [1.82, 2.24) is 19.7 Å². The molecule has 1 atom stereocenters. The van der Waals surface area contributed by atoms with Crippen LogP contribution in [0.25, 0.3) is 5.69 Å². The zero-order valence-electron chi connectivity index (χ0n) is 17.2. The first-order valence-electron chi connectivity index (χ1n) is 10.1. The lowest BCUT2D eigenvalue weighted by Gasteiger charge is -2.36. The zero-order valence-corrected chi connectivity index (χ0v) is 18.7. The molecule has 1 saturated heterocycles. The monoisotopic (exact) mass is 493 g/mol. The summed E-state index contributed by atoms with van der Waals surface area (Å²) in [6, 6.07) is 5.86. The maximum absolute atomic E-state index is 14.7. The lowest BCUT2D eigenvalue weighted by atomic mass is 9.99. The van der Waals surface area contributed by atoms with Crippen LogP contribution in [-0.2, 0) is 0 Å². The van der Waals surface area contributed by atoms with E-state index in [1.165, 1.54) is 21.7 Å². The Bertz CT molecular complexity index is 1300. The average Bonchev–Trinajstić information content (AvgIpc) is 3.15. The van der Waals surface area contributed by atoms with Crippen LogP contribution in [0.5, 0.6) is 0 Å². The molecule has 1 aromatic heterocycles. The van der Waals surface area contributed by atoms with E-state index in [2.05, 4.69) is 15.1 Å². The number of aliphatic imine (C=N–C) groups is 1. The SMILES string of the molecule is C[C@@H]1N=C(c2c(F)cccc2F)c2c(ccc(Cl)c2Cl)-n2nc(C(=O)N3CC(CF)C3)nc21. The van der Waals surface area contributed by atoms with Crippen molar-refractivity contribution in [3.05, 3.63) is 74.8 Å². The van der Waals surface area contributed by atoms with Crippen LogP contribution >= 0.6 is 23.2 Å². The average molecular weight is 494 g/mol. The second-order valence-corrected chi connectivity index (χ2v) is 8.73. The fraction of sp³-hybridized carbons (Fsp3) is 0.273. The first kappa shape index (κ1) is 21.9. The first-order chi connectivity index (χ1) is 15.8. The minimum Gasteiger partial charge on any atom is -0.335 e. The minimum atomic E-state index is -0.813. The van der Waals surface area contributed by atoms with E-state index in [1.54, 1.807) is 13.0 Å². The maximum atomic E-state index is 14.7. The van der Waals surface area contributed by atoms with Gasteiger partial charge in [-0.3, -0.25) is 14.2 Å². The molecular formula is C22H16Cl2F3N5O. The minimum absolute atomic E-state index is 0.0330. The number of hydrogen-bond acceptors (Lipinski definition) is 4. The zero-order chi connectivity index (χ0) is 23.4. The quantitative estimate of drug-likeness (QED) is 0.526. The number of amides is 1. The third-order valence-electron chi connectivity index (χ3n) is 5.72. The van der Waals surface area contributed by atoms with Crippen LogP contribution in [0.2, 0.25) is 10.0 Å². The summed E-state index contributed by atoms with van der Waals surface area (Å²) in [5.74, 6) is -2.04. The van der Waals surface area contributed by atoms with Gasteiger partial charge in [-0.2, -0.15) is 0 Å². The van der Waals surface area contributed by atoms with Crippen LogP contribution in [0.4, 0.5) is 13.2 Å². The molecule has 0 aliphatic carbocycles. The number of halogens is 5. The van der Waals surface area contributed by atoms with Gasteiger partial charge in [0.2, 0.25) is 5.82 Å². The highest BCUT2D eigenvalue weighted by molar-refractivity contribution is 6.45. The van der Waals surface area contributed by atoms with Gasteiger partial charge in [0.15, 0.2) is 5.82 Å². The molecule has 3 heterocycles. The third kappa shape index (κ3) is 3.50. The van der Waals surface area contributed by atoms with E-state index in [1.807, 2.05) is 0 Å². The van der Waals surface area contributed by atoms with E-state index in [-0.39, 0.29) is 44.5 Å². The maximum Gasteiger partial charge on any atom is 0.293 e. The van der Waals surface area contributed by atoms with Crippen molar-refractivity contribution < 1.29 is 18.0 Å². The fourth-order valence-corrected chi connectivity index (χ4v) is 4.42. The van der Waals surface area contributed by atoms with Crippen molar-refractivity contribution in [3.8, 4) is 5.69 Å². The molecular weight excluding hydrogens is 478 g/mol. The van der Waals surface area contributed by atoms with Gasteiger partial charge in [0.05, 0.1) is 33.7 Å². The van der Waals surface area contributed by atoms with Gasteiger partial charge in [0.1, 0.15) is 17.7 Å². The van der Waals surface area contributed by atoms with Crippen molar-refractivity contribution in [2.75, 3.05) is 19.8 Å². The Hall–Kier alpha value is -2.91. The molecule has 5 rings (SSSR count). The topological polar surface area (TPSA) is 63.4 Å². The number of aromatic nitrogens is 3. The number of carbonyl (C=O) groups excluding carboxylic acids is 1. The van der Waals surface area contributed by atoms with E-state index < -0.39 is 30.3 Å². The highest BCUT2D eigenvalue weighted by atomic mass is 35.5. The van der Waals surface area contributed by atoms with Gasteiger partial charge in [0.25, 0.3) is 5.91 Å². The van der Waals surface area contributed by atoms with Gasteiger partial charge in [0, 0.05) is 24.6 Å². The molecule has 0 N–H and O–H groups in total. The highest BCUT2D eigenvalue weighted by Gasteiger charge is 2.36. The summed E-state index contributed by atoms with van der Waals surface area (Å²) in [6.07, 6.45) is 0. The van der Waals surface area contributed by atoms with Crippen LogP contribution in [0.3, 0.4) is 0 Å². The van der Waals surface area contributed by atoms with E-state index in [0.29, 0.717) is 18.8 Å². The molecule has 0 spiro atoms. The summed E-state index contributed by atoms with van der Waals surface area (Å²) >= 11 is 12.7. The molecule has 1 fully saturated rings. The Labute approximate surface area is 196 Å². The molecule has 1 amide bonds.